The van der Waals surface area contributed by atoms with Crippen molar-refractivity contribution in [1.29, 1.82) is 0 Å². The van der Waals surface area contributed by atoms with E-state index < -0.39 is 16.0 Å². The maximum absolute atomic E-state index is 12.4. The standard InChI is InChI=1S/C14H19ClN2O4S/c1-9-12(15)5-11(14(18)19)6-13(9)22(20,21)16-7-10-3-4-17(2)8-10/h5-6,10,16H,3-4,7-8H2,1-2H3,(H,18,19). The van der Waals surface area contributed by atoms with E-state index in [1.165, 1.54) is 6.07 Å². The molecule has 0 amide bonds. The van der Waals surface area contributed by atoms with Crippen LogP contribution in [0.2, 0.25) is 5.02 Å². The fourth-order valence-corrected chi connectivity index (χ4v) is 4.24. The van der Waals surface area contributed by atoms with Crippen molar-refractivity contribution in [3.05, 3.63) is 28.3 Å². The molecule has 122 valence electrons. The average molecular weight is 347 g/mol. The molecule has 1 fully saturated rings. The zero-order valence-corrected chi connectivity index (χ0v) is 14.0. The molecule has 1 unspecified atom stereocenters. The first kappa shape index (κ1) is 17.2. The minimum absolute atomic E-state index is 0.0799. The normalized spacial score (nSPS) is 19.5. The fraction of sp³-hybridized carbons (Fsp3) is 0.500. The molecule has 0 aromatic heterocycles. The summed E-state index contributed by atoms with van der Waals surface area (Å²) in [6, 6.07) is 2.40. The number of nitrogens with one attached hydrogen (secondary N) is 1. The van der Waals surface area contributed by atoms with Crippen LogP contribution >= 0.6 is 11.6 Å². The molecule has 1 saturated heterocycles. The van der Waals surface area contributed by atoms with Crippen LogP contribution in [0.25, 0.3) is 0 Å². The van der Waals surface area contributed by atoms with Gasteiger partial charge in [-0.15, -0.1) is 0 Å². The van der Waals surface area contributed by atoms with Crippen molar-refractivity contribution < 1.29 is 18.3 Å². The number of aromatic carboxylic acids is 1. The molecule has 6 nitrogen and oxygen atoms in total. The zero-order valence-electron chi connectivity index (χ0n) is 12.5. The second-order valence-corrected chi connectivity index (χ2v) is 7.80. The molecular weight excluding hydrogens is 328 g/mol. The molecule has 8 heteroatoms. The van der Waals surface area contributed by atoms with Crippen molar-refractivity contribution in [1.82, 2.24) is 9.62 Å². The van der Waals surface area contributed by atoms with E-state index in [4.69, 9.17) is 16.7 Å². The molecule has 0 spiro atoms. The predicted octanol–water partition coefficient (Wildman–Crippen LogP) is 1.58. The summed E-state index contributed by atoms with van der Waals surface area (Å²) in [7, 11) is -1.80. The summed E-state index contributed by atoms with van der Waals surface area (Å²) in [6.07, 6.45) is 0.938. The lowest BCUT2D eigenvalue weighted by Crippen LogP contribution is -2.31. The summed E-state index contributed by atoms with van der Waals surface area (Å²) in [5.74, 6) is -0.950. The molecule has 1 aromatic rings. The number of benzene rings is 1. The van der Waals surface area contributed by atoms with Crippen LogP contribution in [-0.4, -0.2) is 51.1 Å². The number of rotatable bonds is 5. The van der Waals surface area contributed by atoms with Gasteiger partial charge in [0.25, 0.3) is 0 Å². The first-order chi connectivity index (χ1) is 10.2. The molecular formula is C14H19ClN2O4S. The molecule has 22 heavy (non-hydrogen) atoms. The molecule has 1 aromatic carbocycles. The minimum Gasteiger partial charge on any atom is -0.478 e. The third-order valence-electron chi connectivity index (χ3n) is 3.88. The van der Waals surface area contributed by atoms with Gasteiger partial charge in [-0.2, -0.15) is 0 Å². The molecule has 0 radical (unpaired) electrons. The monoisotopic (exact) mass is 346 g/mol. The Morgan fingerprint density at radius 1 is 1.50 bits per heavy atom. The Morgan fingerprint density at radius 2 is 2.18 bits per heavy atom. The van der Waals surface area contributed by atoms with Gasteiger partial charge >= 0.3 is 5.97 Å². The Bertz CT molecular complexity index is 690. The Kier molecular flexibility index (Phi) is 5.11. The van der Waals surface area contributed by atoms with Gasteiger partial charge in [-0.1, -0.05) is 11.6 Å². The lowest BCUT2D eigenvalue weighted by molar-refractivity contribution is 0.0696. The number of carbonyl (C=O) groups is 1. The Hall–Kier alpha value is -1.15. The van der Waals surface area contributed by atoms with Gasteiger partial charge in [0.15, 0.2) is 0 Å². The third-order valence-corrected chi connectivity index (χ3v) is 5.83. The second-order valence-electron chi connectivity index (χ2n) is 5.66. The van der Waals surface area contributed by atoms with Crippen molar-refractivity contribution in [3.63, 3.8) is 0 Å². The number of nitrogens with zero attached hydrogens (tertiary/aromatic N) is 1. The molecule has 2 rings (SSSR count). The highest BCUT2D eigenvalue weighted by Gasteiger charge is 2.25. The maximum atomic E-state index is 12.4. The van der Waals surface area contributed by atoms with Crippen LogP contribution in [0.1, 0.15) is 22.3 Å². The second kappa shape index (κ2) is 6.54. The summed E-state index contributed by atoms with van der Waals surface area (Å²) >= 11 is 5.95. The SMILES string of the molecule is Cc1c(Cl)cc(C(=O)O)cc1S(=O)(=O)NCC1CCN(C)C1. The molecule has 2 N–H and O–H groups in total. The molecule has 0 saturated carbocycles. The average Bonchev–Trinajstić information content (AvgIpc) is 2.85. The number of carboxylic acids is 1. The van der Waals surface area contributed by atoms with E-state index in [0.29, 0.717) is 12.1 Å². The van der Waals surface area contributed by atoms with E-state index in [1.54, 1.807) is 6.92 Å². The van der Waals surface area contributed by atoms with Crippen LogP contribution in [0.15, 0.2) is 17.0 Å². The van der Waals surface area contributed by atoms with Crippen LogP contribution in [0.5, 0.6) is 0 Å². The van der Waals surface area contributed by atoms with E-state index >= 15 is 0 Å². The Balaban J connectivity index is 2.23. The lowest BCUT2D eigenvalue weighted by Gasteiger charge is -2.14. The molecule has 1 heterocycles. The number of likely N-dealkylation sites (tertiary alicyclic amines) is 1. The van der Waals surface area contributed by atoms with Gasteiger partial charge < -0.3 is 10.0 Å². The summed E-state index contributed by atoms with van der Waals surface area (Å²) < 4.78 is 27.4. The smallest absolute Gasteiger partial charge is 0.335 e. The number of halogens is 1. The third kappa shape index (κ3) is 3.78. The minimum atomic E-state index is -3.79. The highest BCUT2D eigenvalue weighted by molar-refractivity contribution is 7.89. The van der Waals surface area contributed by atoms with Crippen LogP contribution in [-0.2, 0) is 10.0 Å². The molecule has 1 atom stereocenters. The summed E-state index contributed by atoms with van der Waals surface area (Å²) in [5.41, 5.74) is 0.208. The van der Waals surface area contributed by atoms with Gasteiger partial charge in [0, 0.05) is 18.1 Å². The van der Waals surface area contributed by atoms with Crippen LogP contribution in [0, 0.1) is 12.8 Å². The van der Waals surface area contributed by atoms with E-state index in [0.717, 1.165) is 25.6 Å². The van der Waals surface area contributed by atoms with Gasteiger partial charge in [-0.25, -0.2) is 17.9 Å². The van der Waals surface area contributed by atoms with Crippen LogP contribution < -0.4 is 4.72 Å². The van der Waals surface area contributed by atoms with Crippen LogP contribution in [0.3, 0.4) is 0 Å². The fourth-order valence-electron chi connectivity index (χ4n) is 2.55. The molecule has 1 aliphatic heterocycles. The lowest BCUT2D eigenvalue weighted by atomic mass is 10.1. The van der Waals surface area contributed by atoms with Crippen molar-refractivity contribution in [2.45, 2.75) is 18.2 Å². The number of sulfonamides is 1. The van der Waals surface area contributed by atoms with E-state index in [1.807, 2.05) is 7.05 Å². The highest BCUT2D eigenvalue weighted by Crippen LogP contribution is 2.25. The van der Waals surface area contributed by atoms with Gasteiger partial charge in [-0.3, -0.25) is 0 Å². The van der Waals surface area contributed by atoms with Gasteiger partial charge in [0.1, 0.15) is 0 Å². The number of hydrogen-bond donors (Lipinski definition) is 2. The quantitative estimate of drug-likeness (QED) is 0.845. The zero-order chi connectivity index (χ0) is 16.5. The molecule has 1 aliphatic rings. The number of hydrogen-bond acceptors (Lipinski definition) is 4. The van der Waals surface area contributed by atoms with Gasteiger partial charge in [-0.05, 0) is 50.6 Å². The summed E-state index contributed by atoms with van der Waals surface area (Å²) in [5, 5.41) is 9.17. The van der Waals surface area contributed by atoms with Crippen molar-refractivity contribution in [3.8, 4) is 0 Å². The Labute approximate surface area is 135 Å². The first-order valence-corrected chi connectivity index (χ1v) is 8.78. The van der Waals surface area contributed by atoms with Gasteiger partial charge in [0.2, 0.25) is 10.0 Å². The van der Waals surface area contributed by atoms with Crippen molar-refractivity contribution in [2.75, 3.05) is 26.7 Å². The number of carboxylic acid groups (broad SMARTS) is 1. The van der Waals surface area contributed by atoms with E-state index in [9.17, 15) is 13.2 Å². The molecule has 0 bridgehead atoms. The summed E-state index contributed by atoms with van der Waals surface area (Å²) in [6.45, 7) is 3.69. The topological polar surface area (TPSA) is 86.7 Å². The maximum Gasteiger partial charge on any atom is 0.335 e. The first-order valence-electron chi connectivity index (χ1n) is 6.92. The summed E-state index contributed by atoms with van der Waals surface area (Å²) in [4.78, 5) is 13.1. The van der Waals surface area contributed by atoms with Crippen LogP contribution in [0.4, 0.5) is 0 Å². The largest absolute Gasteiger partial charge is 0.478 e. The highest BCUT2D eigenvalue weighted by atomic mass is 35.5. The van der Waals surface area contributed by atoms with Crippen molar-refractivity contribution in [2.24, 2.45) is 5.92 Å². The Morgan fingerprint density at radius 3 is 2.73 bits per heavy atom. The van der Waals surface area contributed by atoms with E-state index in [-0.39, 0.29) is 21.4 Å². The van der Waals surface area contributed by atoms with E-state index in [2.05, 4.69) is 9.62 Å². The van der Waals surface area contributed by atoms with Crippen molar-refractivity contribution >= 4 is 27.6 Å². The van der Waals surface area contributed by atoms with Gasteiger partial charge in [0.05, 0.1) is 10.5 Å². The molecule has 0 aliphatic carbocycles. The predicted molar refractivity (Wildman–Crippen MR) is 83.9 cm³/mol.